The van der Waals surface area contributed by atoms with Crippen molar-refractivity contribution < 1.29 is 4.74 Å². The lowest BCUT2D eigenvalue weighted by Crippen LogP contribution is -2.23. The van der Waals surface area contributed by atoms with E-state index >= 15 is 0 Å². The van der Waals surface area contributed by atoms with Gasteiger partial charge in [-0.05, 0) is 30.7 Å². The highest BCUT2D eigenvalue weighted by Gasteiger charge is 2.26. The van der Waals surface area contributed by atoms with E-state index in [4.69, 9.17) is 4.74 Å². The quantitative estimate of drug-likeness (QED) is 0.807. The smallest absolute Gasteiger partial charge is 0.102 e. The first-order chi connectivity index (χ1) is 9.80. The van der Waals surface area contributed by atoms with E-state index in [1.807, 2.05) is 18.2 Å². The fourth-order valence-corrected chi connectivity index (χ4v) is 3.47. The molecule has 2 atom stereocenters. The first kappa shape index (κ1) is 15.2. The lowest BCUT2D eigenvalue weighted by Gasteiger charge is -2.19. The third kappa shape index (κ3) is 3.47. The van der Waals surface area contributed by atoms with Crippen LogP contribution in [0.1, 0.15) is 32.3 Å². The topological polar surface area (TPSA) is 45.0 Å². The molecule has 0 aliphatic carbocycles. The van der Waals surface area contributed by atoms with Crippen LogP contribution >= 0.6 is 11.8 Å². The van der Waals surface area contributed by atoms with E-state index in [0.717, 1.165) is 47.9 Å². The van der Waals surface area contributed by atoms with Crippen LogP contribution in [0.25, 0.3) is 0 Å². The molecule has 1 saturated heterocycles. The van der Waals surface area contributed by atoms with Crippen molar-refractivity contribution in [3.05, 3.63) is 23.8 Å². The fourth-order valence-electron chi connectivity index (χ4n) is 2.69. The van der Waals surface area contributed by atoms with Crippen LogP contribution < -0.4 is 5.32 Å². The third-order valence-electron chi connectivity index (χ3n) is 3.74. The Kier molecular flexibility index (Phi) is 5.75. The zero-order valence-corrected chi connectivity index (χ0v) is 13.0. The Morgan fingerprint density at radius 1 is 1.45 bits per heavy atom. The molecular weight excluding hydrogens is 268 g/mol. The standard InChI is InChI=1S/C16H22N2OS/c1-3-15-12(8-9-19-15)11-18-14-6-5-7-16(20-4-2)13(14)10-17/h5-7,12,15,18H,3-4,8-9,11H2,1-2H3. The second-order valence-electron chi connectivity index (χ2n) is 4.97. The van der Waals surface area contributed by atoms with Gasteiger partial charge in [-0.25, -0.2) is 0 Å². The first-order valence-corrected chi connectivity index (χ1v) is 8.30. The van der Waals surface area contributed by atoms with E-state index in [2.05, 4.69) is 25.2 Å². The molecule has 2 rings (SSSR count). The van der Waals surface area contributed by atoms with Gasteiger partial charge in [-0.1, -0.05) is 19.9 Å². The molecule has 1 fully saturated rings. The van der Waals surface area contributed by atoms with Gasteiger partial charge in [0.1, 0.15) is 6.07 Å². The second kappa shape index (κ2) is 7.56. The van der Waals surface area contributed by atoms with Crippen LogP contribution in [0.4, 0.5) is 5.69 Å². The SMILES string of the molecule is CCSc1cccc(NCC2CCOC2CC)c1C#N. The molecule has 1 N–H and O–H groups in total. The van der Waals surface area contributed by atoms with E-state index in [9.17, 15) is 5.26 Å². The Hall–Kier alpha value is -1.18. The zero-order chi connectivity index (χ0) is 14.4. The van der Waals surface area contributed by atoms with Crippen molar-refractivity contribution in [2.45, 2.75) is 37.7 Å². The third-order valence-corrected chi connectivity index (χ3v) is 4.68. The molecule has 1 aliphatic heterocycles. The molecular formula is C16H22N2OS. The van der Waals surface area contributed by atoms with Gasteiger partial charge in [0.05, 0.1) is 17.4 Å². The molecule has 0 amide bonds. The highest BCUT2D eigenvalue weighted by atomic mass is 32.2. The van der Waals surface area contributed by atoms with Gasteiger partial charge < -0.3 is 10.1 Å². The molecule has 0 aromatic heterocycles. The molecule has 20 heavy (non-hydrogen) atoms. The van der Waals surface area contributed by atoms with Gasteiger partial charge in [0.2, 0.25) is 0 Å². The molecule has 108 valence electrons. The minimum atomic E-state index is 0.362. The van der Waals surface area contributed by atoms with E-state index < -0.39 is 0 Å². The summed E-state index contributed by atoms with van der Waals surface area (Å²) in [5, 5.41) is 12.8. The van der Waals surface area contributed by atoms with Gasteiger partial charge in [-0.15, -0.1) is 11.8 Å². The number of benzene rings is 1. The predicted octanol–water partition coefficient (Wildman–Crippen LogP) is 3.90. The van der Waals surface area contributed by atoms with Crippen LogP contribution in [0.3, 0.4) is 0 Å². The number of nitriles is 1. The van der Waals surface area contributed by atoms with Gasteiger partial charge in [-0.3, -0.25) is 0 Å². The number of hydrogen-bond donors (Lipinski definition) is 1. The second-order valence-corrected chi connectivity index (χ2v) is 6.28. The minimum absolute atomic E-state index is 0.362. The summed E-state index contributed by atoms with van der Waals surface area (Å²) in [5.74, 6) is 1.53. The number of rotatable bonds is 6. The normalized spacial score (nSPS) is 21.6. The Morgan fingerprint density at radius 2 is 2.30 bits per heavy atom. The van der Waals surface area contributed by atoms with Gasteiger partial charge in [0, 0.05) is 24.0 Å². The Labute approximate surface area is 125 Å². The van der Waals surface area contributed by atoms with Crippen LogP contribution in [0.15, 0.2) is 23.1 Å². The van der Waals surface area contributed by atoms with E-state index in [0.29, 0.717) is 12.0 Å². The highest BCUT2D eigenvalue weighted by Crippen LogP contribution is 2.29. The minimum Gasteiger partial charge on any atom is -0.384 e. The van der Waals surface area contributed by atoms with Crippen molar-refractivity contribution >= 4 is 17.4 Å². The highest BCUT2D eigenvalue weighted by molar-refractivity contribution is 7.99. The molecule has 1 aliphatic rings. The van der Waals surface area contributed by atoms with E-state index in [-0.39, 0.29) is 0 Å². The van der Waals surface area contributed by atoms with Crippen molar-refractivity contribution in [3.8, 4) is 6.07 Å². The molecule has 0 bridgehead atoms. The van der Waals surface area contributed by atoms with Crippen molar-refractivity contribution in [1.29, 1.82) is 5.26 Å². The van der Waals surface area contributed by atoms with Crippen molar-refractivity contribution in [2.75, 3.05) is 24.2 Å². The number of nitrogens with one attached hydrogen (secondary N) is 1. The number of thioether (sulfide) groups is 1. The molecule has 0 saturated carbocycles. The van der Waals surface area contributed by atoms with Gasteiger partial charge in [0.25, 0.3) is 0 Å². The number of ether oxygens (including phenoxy) is 1. The van der Waals surface area contributed by atoms with E-state index in [1.165, 1.54) is 0 Å². The molecule has 2 unspecified atom stereocenters. The maximum absolute atomic E-state index is 9.39. The largest absolute Gasteiger partial charge is 0.384 e. The maximum Gasteiger partial charge on any atom is 0.102 e. The average molecular weight is 290 g/mol. The van der Waals surface area contributed by atoms with Crippen molar-refractivity contribution in [2.24, 2.45) is 5.92 Å². The van der Waals surface area contributed by atoms with Crippen molar-refractivity contribution in [3.63, 3.8) is 0 Å². The number of nitrogens with zero attached hydrogens (tertiary/aromatic N) is 1. The summed E-state index contributed by atoms with van der Waals surface area (Å²) in [6.45, 7) is 6.02. The van der Waals surface area contributed by atoms with Crippen LogP contribution in [0, 0.1) is 17.2 Å². The molecule has 1 aromatic rings. The summed E-state index contributed by atoms with van der Waals surface area (Å²) in [7, 11) is 0. The van der Waals surface area contributed by atoms with E-state index in [1.54, 1.807) is 11.8 Å². The Bertz CT molecular complexity index is 484. The number of hydrogen-bond acceptors (Lipinski definition) is 4. The summed E-state index contributed by atoms with van der Waals surface area (Å²) in [5.41, 5.74) is 1.72. The summed E-state index contributed by atoms with van der Waals surface area (Å²) in [6, 6.07) is 8.37. The molecule has 1 aromatic carbocycles. The first-order valence-electron chi connectivity index (χ1n) is 7.31. The average Bonchev–Trinajstić information content (AvgIpc) is 2.93. The molecule has 4 heteroatoms. The Balaban J connectivity index is 2.06. The fraction of sp³-hybridized carbons (Fsp3) is 0.562. The van der Waals surface area contributed by atoms with Gasteiger partial charge in [-0.2, -0.15) is 5.26 Å². The summed E-state index contributed by atoms with van der Waals surface area (Å²) in [6.07, 6.45) is 2.53. The predicted molar refractivity (Wildman–Crippen MR) is 84.2 cm³/mol. The Morgan fingerprint density at radius 3 is 3.00 bits per heavy atom. The lowest BCUT2D eigenvalue weighted by molar-refractivity contribution is 0.0900. The lowest BCUT2D eigenvalue weighted by atomic mass is 9.99. The monoisotopic (exact) mass is 290 g/mol. The van der Waals surface area contributed by atoms with Gasteiger partial charge in [0.15, 0.2) is 0 Å². The van der Waals surface area contributed by atoms with Crippen LogP contribution in [0.5, 0.6) is 0 Å². The van der Waals surface area contributed by atoms with Crippen molar-refractivity contribution in [1.82, 2.24) is 0 Å². The van der Waals surface area contributed by atoms with Gasteiger partial charge >= 0.3 is 0 Å². The van der Waals surface area contributed by atoms with Crippen LogP contribution in [-0.2, 0) is 4.74 Å². The maximum atomic E-state index is 9.39. The molecule has 0 radical (unpaired) electrons. The molecule has 1 heterocycles. The summed E-state index contributed by atoms with van der Waals surface area (Å²) in [4.78, 5) is 1.06. The zero-order valence-electron chi connectivity index (χ0n) is 12.2. The van der Waals surface area contributed by atoms with Crippen LogP contribution in [0.2, 0.25) is 0 Å². The summed E-state index contributed by atoms with van der Waals surface area (Å²) >= 11 is 1.72. The number of anilines is 1. The van der Waals surface area contributed by atoms with Crippen LogP contribution in [-0.4, -0.2) is 25.0 Å². The molecule has 0 spiro atoms. The molecule has 3 nitrogen and oxygen atoms in total. The summed E-state index contributed by atoms with van der Waals surface area (Å²) < 4.78 is 5.71.